The van der Waals surface area contributed by atoms with Gasteiger partial charge in [0.05, 0.1) is 22.2 Å². The molecule has 0 aliphatic carbocycles. The van der Waals surface area contributed by atoms with E-state index in [1.807, 2.05) is 0 Å². The zero-order chi connectivity index (χ0) is 15.0. The number of benzene rings is 2. The van der Waals surface area contributed by atoms with Gasteiger partial charge in [-0.25, -0.2) is 4.79 Å². The molecule has 0 aromatic heterocycles. The number of nitro benzene ring substituents is 1. The summed E-state index contributed by atoms with van der Waals surface area (Å²) in [5.41, 5.74) is 1.13. The van der Waals surface area contributed by atoms with E-state index in [0.29, 0.717) is 11.1 Å². The van der Waals surface area contributed by atoms with Gasteiger partial charge in [-0.3, -0.25) is 10.1 Å². The number of aromatic hydroxyl groups is 1. The quantitative estimate of drug-likeness (QED) is 0.389. The Bertz CT molecular complexity index is 744. The van der Waals surface area contributed by atoms with Gasteiger partial charge in [-0.15, -0.1) is 0 Å². The van der Waals surface area contributed by atoms with Crippen LogP contribution in [0.4, 0.5) is 11.4 Å². The van der Waals surface area contributed by atoms with Crippen LogP contribution in [0.2, 0.25) is 0 Å². The second-order valence-corrected chi connectivity index (χ2v) is 4.48. The van der Waals surface area contributed by atoms with E-state index < -0.39 is 17.1 Å². The van der Waals surface area contributed by atoms with Crippen molar-refractivity contribution in [1.82, 2.24) is 0 Å². The molecule has 7 heteroatoms. The van der Waals surface area contributed by atoms with Crippen LogP contribution in [0.3, 0.4) is 0 Å². The van der Waals surface area contributed by atoms with Crippen LogP contribution in [-0.4, -0.2) is 16.0 Å². The van der Waals surface area contributed by atoms with Crippen LogP contribution in [-0.2, 0) is 4.74 Å². The van der Waals surface area contributed by atoms with Crippen LogP contribution in [0.15, 0.2) is 42.5 Å². The number of fused-ring (bicyclic) bond motifs is 1. The Morgan fingerprint density at radius 1 is 1.24 bits per heavy atom. The summed E-state index contributed by atoms with van der Waals surface area (Å²) < 4.78 is 5.17. The number of carbonyl (C=O) groups is 1. The normalized spacial score (nSPS) is 16.2. The maximum Gasteiger partial charge on any atom is 0.340 e. The SMILES string of the molecule is O=C1O[C@H](Nc2ccc([N+](=O)[O-])cc2O)c2ccccc21. The van der Waals surface area contributed by atoms with Crippen LogP contribution >= 0.6 is 0 Å². The minimum atomic E-state index is -0.735. The van der Waals surface area contributed by atoms with E-state index >= 15 is 0 Å². The fourth-order valence-electron chi connectivity index (χ4n) is 2.15. The van der Waals surface area contributed by atoms with Crippen molar-refractivity contribution in [1.29, 1.82) is 0 Å². The Kier molecular flexibility index (Phi) is 2.94. The van der Waals surface area contributed by atoms with E-state index in [4.69, 9.17) is 4.74 Å². The van der Waals surface area contributed by atoms with Gasteiger partial charge in [-0.05, 0) is 12.1 Å². The highest BCUT2D eigenvalue weighted by atomic mass is 16.6. The molecule has 2 aromatic rings. The third-order valence-electron chi connectivity index (χ3n) is 3.17. The Balaban J connectivity index is 1.89. The van der Waals surface area contributed by atoms with Gasteiger partial charge < -0.3 is 15.2 Å². The molecule has 0 unspecified atom stereocenters. The highest BCUT2D eigenvalue weighted by molar-refractivity contribution is 5.94. The smallest absolute Gasteiger partial charge is 0.340 e. The average molecular weight is 286 g/mol. The molecule has 1 aliphatic rings. The highest BCUT2D eigenvalue weighted by Crippen LogP contribution is 2.35. The molecular weight excluding hydrogens is 276 g/mol. The number of carbonyl (C=O) groups excluding carboxylic acids is 1. The van der Waals surface area contributed by atoms with Gasteiger partial charge in [-0.2, -0.15) is 0 Å². The summed E-state index contributed by atoms with van der Waals surface area (Å²) in [5, 5.41) is 23.3. The number of nitrogens with zero attached hydrogens (tertiary/aromatic N) is 1. The van der Waals surface area contributed by atoms with Crippen molar-refractivity contribution in [3.05, 3.63) is 63.7 Å². The molecule has 2 N–H and O–H groups in total. The molecule has 1 aliphatic heterocycles. The van der Waals surface area contributed by atoms with E-state index in [9.17, 15) is 20.0 Å². The number of ether oxygens (including phenoxy) is 1. The molecule has 2 aromatic carbocycles. The molecule has 0 fully saturated rings. The standard InChI is InChI=1S/C14H10N2O5/c17-12-7-8(16(19)20)5-6-11(12)15-13-9-3-1-2-4-10(9)14(18)21-13/h1-7,13,15,17H/t13-/m0/s1. The van der Waals surface area contributed by atoms with E-state index in [1.54, 1.807) is 24.3 Å². The Hall–Kier alpha value is -3.09. The zero-order valence-corrected chi connectivity index (χ0v) is 10.6. The monoisotopic (exact) mass is 286 g/mol. The largest absolute Gasteiger partial charge is 0.506 e. The number of hydrogen-bond acceptors (Lipinski definition) is 6. The lowest BCUT2D eigenvalue weighted by atomic mass is 10.1. The molecule has 7 nitrogen and oxygen atoms in total. The Morgan fingerprint density at radius 2 is 2.00 bits per heavy atom. The van der Waals surface area contributed by atoms with E-state index in [2.05, 4.69) is 5.32 Å². The average Bonchev–Trinajstić information content (AvgIpc) is 2.78. The molecule has 0 saturated heterocycles. The Morgan fingerprint density at radius 3 is 2.71 bits per heavy atom. The summed E-state index contributed by atoms with van der Waals surface area (Å²) in [7, 11) is 0. The predicted molar refractivity (Wildman–Crippen MR) is 73.0 cm³/mol. The molecular formula is C14H10N2O5. The second kappa shape index (κ2) is 4.78. The van der Waals surface area contributed by atoms with Crippen LogP contribution in [0, 0.1) is 10.1 Å². The van der Waals surface area contributed by atoms with Crippen molar-refractivity contribution in [3.63, 3.8) is 0 Å². The summed E-state index contributed by atoms with van der Waals surface area (Å²) in [4.78, 5) is 21.7. The van der Waals surface area contributed by atoms with Gasteiger partial charge in [0.2, 0.25) is 6.23 Å². The molecule has 0 spiro atoms. The van der Waals surface area contributed by atoms with Gasteiger partial charge in [0.1, 0.15) is 5.75 Å². The van der Waals surface area contributed by atoms with Gasteiger partial charge in [0.25, 0.3) is 5.69 Å². The maximum atomic E-state index is 11.7. The number of esters is 1. The van der Waals surface area contributed by atoms with Crippen molar-refractivity contribution < 1.29 is 19.6 Å². The summed E-state index contributed by atoms with van der Waals surface area (Å²) in [6, 6.07) is 10.5. The Labute approximate surface area is 118 Å². The number of phenolic OH excluding ortho intramolecular Hbond substituents is 1. The minimum absolute atomic E-state index is 0.220. The highest BCUT2D eigenvalue weighted by Gasteiger charge is 2.31. The van der Waals surface area contributed by atoms with E-state index in [1.165, 1.54) is 12.1 Å². The number of non-ortho nitro benzene ring substituents is 1. The van der Waals surface area contributed by atoms with Crippen LogP contribution < -0.4 is 5.32 Å². The molecule has 1 heterocycles. The number of rotatable bonds is 3. The summed E-state index contributed by atoms with van der Waals surface area (Å²) in [5.74, 6) is -0.742. The van der Waals surface area contributed by atoms with Crippen molar-refractivity contribution in [3.8, 4) is 5.75 Å². The zero-order valence-electron chi connectivity index (χ0n) is 10.6. The molecule has 1 atom stereocenters. The van der Waals surface area contributed by atoms with Gasteiger partial charge in [0.15, 0.2) is 0 Å². The lowest BCUT2D eigenvalue weighted by Gasteiger charge is -2.15. The fraction of sp³-hybridized carbons (Fsp3) is 0.0714. The molecule has 0 amide bonds. The lowest BCUT2D eigenvalue weighted by molar-refractivity contribution is -0.384. The third-order valence-corrected chi connectivity index (χ3v) is 3.17. The maximum absolute atomic E-state index is 11.7. The van der Waals surface area contributed by atoms with Crippen molar-refractivity contribution in [2.45, 2.75) is 6.23 Å². The molecule has 3 rings (SSSR count). The molecule has 21 heavy (non-hydrogen) atoms. The van der Waals surface area contributed by atoms with Crippen molar-refractivity contribution in [2.24, 2.45) is 0 Å². The molecule has 0 saturated carbocycles. The number of nitro groups is 1. The molecule has 0 bridgehead atoms. The van der Waals surface area contributed by atoms with E-state index in [-0.39, 0.29) is 17.1 Å². The van der Waals surface area contributed by atoms with Crippen LogP contribution in [0.1, 0.15) is 22.1 Å². The molecule has 106 valence electrons. The first-order valence-corrected chi connectivity index (χ1v) is 6.10. The first-order valence-electron chi connectivity index (χ1n) is 6.10. The predicted octanol–water partition coefficient (Wildman–Crippen LogP) is 2.58. The number of hydrogen-bond donors (Lipinski definition) is 2. The molecule has 0 radical (unpaired) electrons. The fourth-order valence-corrected chi connectivity index (χ4v) is 2.15. The minimum Gasteiger partial charge on any atom is -0.506 e. The van der Waals surface area contributed by atoms with Gasteiger partial charge >= 0.3 is 5.97 Å². The number of phenols is 1. The van der Waals surface area contributed by atoms with Gasteiger partial charge in [-0.1, -0.05) is 18.2 Å². The first kappa shape index (κ1) is 12.9. The summed E-state index contributed by atoms with van der Waals surface area (Å²) in [6.45, 7) is 0. The topological polar surface area (TPSA) is 102 Å². The van der Waals surface area contributed by atoms with Crippen LogP contribution in [0.25, 0.3) is 0 Å². The van der Waals surface area contributed by atoms with Crippen LogP contribution in [0.5, 0.6) is 5.75 Å². The van der Waals surface area contributed by atoms with E-state index in [0.717, 1.165) is 6.07 Å². The van der Waals surface area contributed by atoms with Crippen molar-refractivity contribution in [2.75, 3.05) is 5.32 Å². The summed E-state index contributed by atoms with van der Waals surface area (Å²) >= 11 is 0. The van der Waals surface area contributed by atoms with Gasteiger partial charge in [0, 0.05) is 11.6 Å². The summed E-state index contributed by atoms with van der Waals surface area (Å²) in [6.07, 6.45) is -0.735. The number of nitrogens with one attached hydrogen (secondary N) is 1. The number of anilines is 1. The first-order chi connectivity index (χ1) is 10.1. The third kappa shape index (κ3) is 2.25. The number of cyclic esters (lactones) is 1. The second-order valence-electron chi connectivity index (χ2n) is 4.48. The van der Waals surface area contributed by atoms with Crippen molar-refractivity contribution >= 4 is 17.3 Å². The lowest BCUT2D eigenvalue weighted by Crippen LogP contribution is -2.10.